The number of hydrogen-bond donors (Lipinski definition) is 1. The van der Waals surface area contributed by atoms with Gasteiger partial charge < -0.3 is 10.1 Å². The van der Waals surface area contributed by atoms with Crippen LogP contribution in [0.3, 0.4) is 0 Å². The number of para-hydroxylation sites is 1. The molecule has 1 heterocycles. The van der Waals surface area contributed by atoms with Crippen LogP contribution in [0.2, 0.25) is 0 Å². The highest BCUT2D eigenvalue weighted by Crippen LogP contribution is 2.38. The van der Waals surface area contributed by atoms with Crippen LogP contribution in [0.1, 0.15) is 5.56 Å². The lowest BCUT2D eigenvalue weighted by atomic mass is 10.2. The van der Waals surface area contributed by atoms with E-state index in [9.17, 15) is 13.2 Å². The van der Waals surface area contributed by atoms with Gasteiger partial charge in [-0.15, -0.1) is 0 Å². The molecule has 1 N–H and O–H groups in total. The Morgan fingerprint density at radius 3 is 2.60 bits per heavy atom. The molecule has 1 aromatic heterocycles. The van der Waals surface area contributed by atoms with Crippen LogP contribution in [0.15, 0.2) is 34.9 Å². The monoisotopic (exact) mass is 347 g/mol. The lowest BCUT2D eigenvalue weighted by Crippen LogP contribution is -2.07. The van der Waals surface area contributed by atoms with Crippen LogP contribution in [-0.2, 0) is 6.18 Å². The predicted molar refractivity (Wildman–Crippen MR) is 70.8 cm³/mol. The van der Waals surface area contributed by atoms with E-state index in [-0.39, 0.29) is 17.6 Å². The Morgan fingerprint density at radius 1 is 1.25 bits per heavy atom. The summed E-state index contributed by atoms with van der Waals surface area (Å²) < 4.78 is 44.2. The Balaban J connectivity index is 2.40. The molecule has 0 amide bonds. The van der Waals surface area contributed by atoms with Gasteiger partial charge in [0.15, 0.2) is 0 Å². The van der Waals surface area contributed by atoms with E-state index < -0.39 is 11.7 Å². The quantitative estimate of drug-likeness (QED) is 0.908. The SMILES string of the molecule is CNc1ncc(Br)c(Oc2ccccc2C(F)(F)F)n1. The van der Waals surface area contributed by atoms with E-state index in [2.05, 4.69) is 31.2 Å². The van der Waals surface area contributed by atoms with Crippen LogP contribution in [-0.4, -0.2) is 17.0 Å². The second kappa shape index (κ2) is 5.66. The Labute approximate surface area is 121 Å². The molecule has 2 rings (SSSR count). The van der Waals surface area contributed by atoms with Gasteiger partial charge in [0.05, 0.1) is 16.2 Å². The average molecular weight is 348 g/mol. The Kier molecular flexibility index (Phi) is 4.12. The highest BCUT2D eigenvalue weighted by molar-refractivity contribution is 9.10. The van der Waals surface area contributed by atoms with E-state index in [1.54, 1.807) is 7.05 Å². The number of ether oxygens (including phenoxy) is 1. The molecule has 4 nitrogen and oxygen atoms in total. The van der Waals surface area contributed by atoms with E-state index >= 15 is 0 Å². The summed E-state index contributed by atoms with van der Waals surface area (Å²) in [6.45, 7) is 0. The summed E-state index contributed by atoms with van der Waals surface area (Å²) in [4.78, 5) is 7.85. The average Bonchev–Trinajstić information content (AvgIpc) is 2.41. The first kappa shape index (κ1) is 14.6. The summed E-state index contributed by atoms with van der Waals surface area (Å²) in [5.74, 6) is -0.0739. The van der Waals surface area contributed by atoms with Crippen LogP contribution < -0.4 is 10.1 Å². The number of nitrogens with zero attached hydrogens (tertiary/aromatic N) is 2. The van der Waals surface area contributed by atoms with Crippen molar-refractivity contribution in [1.29, 1.82) is 0 Å². The highest BCUT2D eigenvalue weighted by atomic mass is 79.9. The Hall–Kier alpha value is -1.83. The molecule has 0 atom stereocenters. The molecule has 1 aromatic carbocycles. The number of rotatable bonds is 3. The van der Waals surface area contributed by atoms with Gasteiger partial charge in [-0.25, -0.2) is 4.98 Å². The van der Waals surface area contributed by atoms with Crippen LogP contribution in [0.4, 0.5) is 19.1 Å². The first-order chi connectivity index (χ1) is 9.41. The van der Waals surface area contributed by atoms with Gasteiger partial charge in [0.25, 0.3) is 0 Å². The summed E-state index contributed by atoms with van der Waals surface area (Å²) in [7, 11) is 1.59. The first-order valence-electron chi connectivity index (χ1n) is 5.46. The van der Waals surface area contributed by atoms with Crippen LogP contribution in [0.5, 0.6) is 11.6 Å². The maximum absolute atomic E-state index is 12.9. The lowest BCUT2D eigenvalue weighted by molar-refractivity contribution is -0.138. The van der Waals surface area contributed by atoms with Crippen LogP contribution in [0, 0.1) is 0 Å². The van der Waals surface area contributed by atoms with Gasteiger partial charge in [0, 0.05) is 7.05 Å². The maximum atomic E-state index is 12.9. The van der Waals surface area contributed by atoms with Crippen molar-refractivity contribution in [2.24, 2.45) is 0 Å². The van der Waals surface area contributed by atoms with Gasteiger partial charge in [-0.3, -0.25) is 0 Å². The number of aromatic nitrogens is 2. The van der Waals surface area contributed by atoms with Gasteiger partial charge in [-0.2, -0.15) is 18.2 Å². The van der Waals surface area contributed by atoms with Crippen molar-refractivity contribution in [3.05, 3.63) is 40.5 Å². The first-order valence-corrected chi connectivity index (χ1v) is 6.25. The van der Waals surface area contributed by atoms with E-state index in [1.807, 2.05) is 0 Å². The van der Waals surface area contributed by atoms with Crippen molar-refractivity contribution in [3.63, 3.8) is 0 Å². The van der Waals surface area contributed by atoms with E-state index in [0.29, 0.717) is 4.47 Å². The van der Waals surface area contributed by atoms with E-state index in [0.717, 1.165) is 6.07 Å². The molecular formula is C12H9BrF3N3O. The minimum Gasteiger partial charge on any atom is -0.437 e. The smallest absolute Gasteiger partial charge is 0.419 e. The Bertz CT molecular complexity index is 619. The zero-order valence-corrected chi connectivity index (χ0v) is 11.8. The number of benzene rings is 1. The normalized spacial score (nSPS) is 11.2. The number of alkyl halides is 3. The fourth-order valence-corrected chi connectivity index (χ4v) is 1.71. The van der Waals surface area contributed by atoms with Gasteiger partial charge in [0.1, 0.15) is 5.75 Å². The zero-order chi connectivity index (χ0) is 14.8. The van der Waals surface area contributed by atoms with Crippen molar-refractivity contribution in [2.45, 2.75) is 6.18 Å². The Morgan fingerprint density at radius 2 is 1.95 bits per heavy atom. The fraction of sp³-hybridized carbons (Fsp3) is 0.167. The highest BCUT2D eigenvalue weighted by Gasteiger charge is 2.34. The van der Waals surface area contributed by atoms with Crippen molar-refractivity contribution < 1.29 is 17.9 Å². The second-order valence-corrected chi connectivity index (χ2v) is 4.55. The minimum atomic E-state index is -4.50. The third-order valence-corrected chi connectivity index (χ3v) is 2.88. The van der Waals surface area contributed by atoms with Gasteiger partial charge >= 0.3 is 6.18 Å². The fourth-order valence-electron chi connectivity index (χ4n) is 1.44. The van der Waals surface area contributed by atoms with Gasteiger partial charge in [-0.05, 0) is 28.1 Å². The lowest BCUT2D eigenvalue weighted by Gasteiger charge is -2.13. The van der Waals surface area contributed by atoms with E-state index in [1.165, 1.54) is 24.4 Å². The van der Waals surface area contributed by atoms with Crippen molar-refractivity contribution in [2.75, 3.05) is 12.4 Å². The second-order valence-electron chi connectivity index (χ2n) is 3.69. The third-order valence-electron chi connectivity index (χ3n) is 2.33. The third kappa shape index (κ3) is 3.19. The van der Waals surface area contributed by atoms with Crippen LogP contribution >= 0.6 is 15.9 Å². The molecule has 0 fully saturated rings. The zero-order valence-electron chi connectivity index (χ0n) is 10.2. The van der Waals surface area contributed by atoms with Gasteiger partial charge in [-0.1, -0.05) is 12.1 Å². The van der Waals surface area contributed by atoms with Crippen molar-refractivity contribution >= 4 is 21.9 Å². The van der Waals surface area contributed by atoms with Crippen LogP contribution in [0.25, 0.3) is 0 Å². The molecule has 2 aromatic rings. The van der Waals surface area contributed by atoms with Crippen molar-refractivity contribution in [3.8, 4) is 11.6 Å². The molecule has 0 spiro atoms. The number of hydrogen-bond acceptors (Lipinski definition) is 4. The summed E-state index contributed by atoms with van der Waals surface area (Å²) in [5.41, 5.74) is -0.864. The molecule has 0 aliphatic heterocycles. The number of halogens is 4. The largest absolute Gasteiger partial charge is 0.437 e. The molecule has 0 aliphatic rings. The molecule has 0 saturated heterocycles. The maximum Gasteiger partial charge on any atom is 0.419 e. The number of nitrogens with one attached hydrogen (secondary N) is 1. The van der Waals surface area contributed by atoms with E-state index in [4.69, 9.17) is 4.74 Å². The molecule has 0 radical (unpaired) electrons. The molecule has 0 saturated carbocycles. The molecule has 8 heteroatoms. The predicted octanol–water partition coefficient (Wildman–Crippen LogP) is 4.09. The van der Waals surface area contributed by atoms with Crippen molar-refractivity contribution in [1.82, 2.24) is 9.97 Å². The summed E-state index contributed by atoms with van der Waals surface area (Å²) in [6.07, 6.45) is -3.10. The number of anilines is 1. The summed E-state index contributed by atoms with van der Waals surface area (Å²) in [6, 6.07) is 4.93. The molecule has 106 valence electrons. The molecule has 0 aliphatic carbocycles. The summed E-state index contributed by atoms with van der Waals surface area (Å²) in [5, 5.41) is 2.68. The summed E-state index contributed by atoms with van der Waals surface area (Å²) >= 11 is 3.13. The topological polar surface area (TPSA) is 47.0 Å². The standard InChI is InChI=1S/C12H9BrF3N3O/c1-17-11-18-6-8(13)10(19-11)20-9-5-3-2-4-7(9)12(14,15)16/h2-6H,1H3,(H,17,18,19). The molecular weight excluding hydrogens is 339 g/mol. The minimum absolute atomic E-state index is 0.000972. The molecule has 20 heavy (non-hydrogen) atoms. The molecule has 0 bridgehead atoms. The van der Waals surface area contributed by atoms with Gasteiger partial charge in [0.2, 0.25) is 11.8 Å². The molecule has 0 unspecified atom stereocenters.